The van der Waals surface area contributed by atoms with Crippen LogP contribution in [0.2, 0.25) is 0 Å². The summed E-state index contributed by atoms with van der Waals surface area (Å²) in [7, 11) is 3.45. The molecule has 18 heavy (non-hydrogen) atoms. The highest BCUT2D eigenvalue weighted by Crippen LogP contribution is 2.39. The number of ether oxygens (including phenoxy) is 2. The molecule has 0 atom stereocenters. The fourth-order valence-corrected chi connectivity index (χ4v) is 2.72. The minimum atomic E-state index is 0.484. The van der Waals surface area contributed by atoms with E-state index in [1.165, 1.54) is 24.0 Å². The van der Waals surface area contributed by atoms with E-state index in [4.69, 9.17) is 15.4 Å². The molecule has 0 saturated heterocycles. The normalized spacial score (nSPS) is 14.2. The van der Waals surface area contributed by atoms with E-state index in [1.54, 1.807) is 14.2 Å². The molecule has 4 heteroatoms. The van der Waals surface area contributed by atoms with Gasteiger partial charge in [-0.25, -0.2) is 5.90 Å². The molecule has 1 aromatic rings. The van der Waals surface area contributed by atoms with Crippen LogP contribution in [0.4, 0.5) is 0 Å². The first-order valence-corrected chi connectivity index (χ1v) is 6.39. The van der Waals surface area contributed by atoms with Crippen LogP contribution in [0.15, 0.2) is 6.07 Å². The lowest BCUT2D eigenvalue weighted by Crippen LogP contribution is -2.11. The lowest BCUT2D eigenvalue weighted by Gasteiger charge is -2.23. The number of hydrogen-bond donors (Lipinski definition) is 1. The van der Waals surface area contributed by atoms with Crippen LogP contribution in [0.5, 0.6) is 11.5 Å². The first-order chi connectivity index (χ1) is 8.81. The van der Waals surface area contributed by atoms with Gasteiger partial charge in [-0.15, -0.1) is 0 Å². The van der Waals surface area contributed by atoms with Gasteiger partial charge in [0.1, 0.15) is 11.5 Å². The Bertz CT molecular complexity index is 418. The van der Waals surface area contributed by atoms with Gasteiger partial charge in [-0.3, -0.25) is 0 Å². The minimum Gasteiger partial charge on any atom is -0.496 e. The van der Waals surface area contributed by atoms with Crippen molar-refractivity contribution in [2.75, 3.05) is 20.8 Å². The molecule has 0 bridgehead atoms. The van der Waals surface area contributed by atoms with Gasteiger partial charge in [-0.1, -0.05) is 0 Å². The van der Waals surface area contributed by atoms with Crippen LogP contribution in [-0.2, 0) is 24.1 Å². The molecule has 0 amide bonds. The summed E-state index contributed by atoms with van der Waals surface area (Å²) in [6, 6.07) is 2.06. The average molecular weight is 251 g/mol. The molecule has 1 aliphatic carbocycles. The van der Waals surface area contributed by atoms with Gasteiger partial charge in [0.05, 0.1) is 20.8 Å². The van der Waals surface area contributed by atoms with Crippen molar-refractivity contribution < 1.29 is 14.3 Å². The van der Waals surface area contributed by atoms with Crippen molar-refractivity contribution >= 4 is 0 Å². The molecular formula is C14H21NO3. The Morgan fingerprint density at radius 2 is 1.83 bits per heavy atom. The maximum atomic E-state index is 5.59. The number of fused-ring (bicyclic) bond motifs is 1. The fraction of sp³-hybridized carbons (Fsp3) is 0.571. The van der Waals surface area contributed by atoms with Crippen LogP contribution < -0.4 is 15.4 Å². The minimum absolute atomic E-state index is 0.484. The first-order valence-electron chi connectivity index (χ1n) is 6.39. The van der Waals surface area contributed by atoms with Crippen molar-refractivity contribution in [2.45, 2.75) is 32.1 Å². The van der Waals surface area contributed by atoms with Gasteiger partial charge in [-0.2, -0.15) is 0 Å². The van der Waals surface area contributed by atoms with Gasteiger partial charge in [0, 0.05) is 23.1 Å². The van der Waals surface area contributed by atoms with Gasteiger partial charge in [-0.05, 0) is 31.7 Å². The van der Waals surface area contributed by atoms with Crippen molar-refractivity contribution in [1.82, 2.24) is 0 Å². The van der Waals surface area contributed by atoms with Crippen LogP contribution in [-0.4, -0.2) is 20.8 Å². The number of rotatable bonds is 5. The predicted molar refractivity (Wildman–Crippen MR) is 70.0 cm³/mol. The molecule has 0 heterocycles. The standard InChI is InChI=1S/C14H21NO3/c1-16-13-9-10(7-8-18-15)14(17-2)12-6-4-3-5-11(12)13/h9H,3-8,15H2,1-2H3. The summed E-state index contributed by atoms with van der Waals surface area (Å²) in [5, 5.41) is 0. The first kappa shape index (κ1) is 13.2. The largest absolute Gasteiger partial charge is 0.496 e. The number of nitrogens with two attached hydrogens (primary N) is 1. The summed E-state index contributed by atoms with van der Waals surface area (Å²) >= 11 is 0. The van der Waals surface area contributed by atoms with E-state index < -0.39 is 0 Å². The van der Waals surface area contributed by atoms with E-state index in [1.807, 2.05) is 0 Å². The van der Waals surface area contributed by atoms with Crippen molar-refractivity contribution in [3.63, 3.8) is 0 Å². The number of benzene rings is 1. The molecule has 0 fully saturated rings. The Morgan fingerprint density at radius 1 is 1.11 bits per heavy atom. The molecule has 0 saturated carbocycles. The second kappa shape index (κ2) is 6.07. The van der Waals surface area contributed by atoms with E-state index in [0.717, 1.165) is 36.3 Å². The monoisotopic (exact) mass is 251 g/mol. The van der Waals surface area contributed by atoms with Crippen molar-refractivity contribution in [2.24, 2.45) is 5.90 Å². The second-order valence-electron chi connectivity index (χ2n) is 4.56. The van der Waals surface area contributed by atoms with Crippen LogP contribution in [0.25, 0.3) is 0 Å². The zero-order valence-electron chi connectivity index (χ0n) is 11.1. The molecule has 2 N–H and O–H groups in total. The van der Waals surface area contributed by atoms with Crippen molar-refractivity contribution in [3.05, 3.63) is 22.8 Å². The predicted octanol–water partition coefficient (Wildman–Crippen LogP) is 2.02. The third kappa shape index (κ3) is 2.44. The van der Waals surface area contributed by atoms with Gasteiger partial charge < -0.3 is 14.3 Å². The van der Waals surface area contributed by atoms with Gasteiger partial charge in [0.2, 0.25) is 0 Å². The van der Waals surface area contributed by atoms with Crippen LogP contribution in [0.3, 0.4) is 0 Å². The summed E-state index contributed by atoms with van der Waals surface area (Å²) in [5.41, 5.74) is 3.72. The van der Waals surface area contributed by atoms with Crippen LogP contribution >= 0.6 is 0 Å². The summed E-state index contributed by atoms with van der Waals surface area (Å²) in [6.07, 6.45) is 5.30. The zero-order chi connectivity index (χ0) is 13.0. The lowest BCUT2D eigenvalue weighted by molar-refractivity contribution is 0.140. The van der Waals surface area contributed by atoms with Crippen LogP contribution in [0, 0.1) is 0 Å². The molecule has 0 unspecified atom stereocenters. The van der Waals surface area contributed by atoms with Gasteiger partial charge >= 0.3 is 0 Å². The Morgan fingerprint density at radius 3 is 2.44 bits per heavy atom. The Kier molecular flexibility index (Phi) is 4.44. The van der Waals surface area contributed by atoms with E-state index in [9.17, 15) is 0 Å². The maximum absolute atomic E-state index is 5.59. The molecule has 0 spiro atoms. The Balaban J connectivity index is 2.46. The molecule has 1 aromatic carbocycles. The second-order valence-corrected chi connectivity index (χ2v) is 4.56. The van der Waals surface area contributed by atoms with E-state index >= 15 is 0 Å². The zero-order valence-corrected chi connectivity index (χ0v) is 11.1. The summed E-state index contributed by atoms with van der Waals surface area (Å²) in [4.78, 5) is 4.67. The maximum Gasteiger partial charge on any atom is 0.125 e. The molecule has 0 radical (unpaired) electrons. The molecule has 100 valence electrons. The quantitative estimate of drug-likeness (QED) is 0.813. The topological polar surface area (TPSA) is 53.7 Å². The summed E-state index contributed by atoms with van der Waals surface area (Å²) in [6.45, 7) is 0.484. The molecule has 0 aromatic heterocycles. The Hall–Kier alpha value is -1.26. The number of methoxy groups -OCH3 is 2. The lowest BCUT2D eigenvalue weighted by atomic mass is 9.88. The van der Waals surface area contributed by atoms with E-state index in [-0.39, 0.29) is 0 Å². The molecule has 4 nitrogen and oxygen atoms in total. The summed E-state index contributed by atoms with van der Waals surface area (Å²) in [5.74, 6) is 7.06. The smallest absolute Gasteiger partial charge is 0.125 e. The highest BCUT2D eigenvalue weighted by atomic mass is 16.6. The van der Waals surface area contributed by atoms with E-state index in [2.05, 4.69) is 10.9 Å². The highest BCUT2D eigenvalue weighted by molar-refractivity contribution is 5.54. The SMILES string of the molecule is COc1cc(CCON)c(OC)c2c1CCCC2. The molecule has 2 rings (SSSR count). The van der Waals surface area contributed by atoms with Crippen LogP contribution in [0.1, 0.15) is 29.5 Å². The van der Waals surface area contributed by atoms with E-state index in [0.29, 0.717) is 6.61 Å². The molecular weight excluding hydrogens is 230 g/mol. The molecule has 1 aliphatic rings. The third-order valence-corrected chi connectivity index (χ3v) is 3.55. The van der Waals surface area contributed by atoms with Gasteiger partial charge in [0.25, 0.3) is 0 Å². The highest BCUT2D eigenvalue weighted by Gasteiger charge is 2.21. The number of hydrogen-bond acceptors (Lipinski definition) is 4. The molecule has 0 aliphatic heterocycles. The average Bonchev–Trinajstić information content (AvgIpc) is 2.43. The van der Waals surface area contributed by atoms with Crippen molar-refractivity contribution in [1.29, 1.82) is 0 Å². The third-order valence-electron chi connectivity index (χ3n) is 3.55. The van der Waals surface area contributed by atoms with Gasteiger partial charge in [0.15, 0.2) is 0 Å². The fourth-order valence-electron chi connectivity index (χ4n) is 2.72. The summed E-state index contributed by atoms with van der Waals surface area (Å²) < 4.78 is 11.1. The Labute approximate surface area is 108 Å². The van der Waals surface area contributed by atoms with Crippen molar-refractivity contribution in [3.8, 4) is 11.5 Å².